The fraction of sp³-hybridized carbons (Fsp3) is 0.286. The van der Waals surface area contributed by atoms with Crippen LogP contribution < -0.4 is 0 Å². The molecule has 0 unspecified atom stereocenters. The number of halogens is 3. The van der Waals surface area contributed by atoms with Gasteiger partial charge in [0.1, 0.15) is 11.6 Å². The Morgan fingerprint density at radius 2 is 1.78 bits per heavy atom. The van der Waals surface area contributed by atoms with Gasteiger partial charge in [0.05, 0.1) is 6.26 Å². The number of rotatable bonds is 5. The van der Waals surface area contributed by atoms with E-state index in [1.807, 2.05) is 6.07 Å². The molecule has 0 fully saturated rings. The van der Waals surface area contributed by atoms with Gasteiger partial charge in [-0.25, -0.2) is 4.39 Å². The van der Waals surface area contributed by atoms with Crippen molar-refractivity contribution in [1.82, 2.24) is 0 Å². The first-order valence-corrected chi connectivity index (χ1v) is 6.68. The second-order valence-corrected chi connectivity index (χ2v) is 4.82. The van der Waals surface area contributed by atoms with Crippen LogP contribution in [0, 0.1) is 5.82 Å². The minimum Gasteiger partial charge on any atom is -0.469 e. The molecule has 0 saturated carbocycles. The van der Waals surface area contributed by atoms with Crippen LogP contribution in [0.25, 0.3) is 0 Å². The van der Waals surface area contributed by atoms with Crippen LogP contribution in [0.1, 0.15) is 11.3 Å². The minimum absolute atomic E-state index is 0.234. The highest BCUT2D eigenvalue weighted by atomic mass is 35.5. The molecule has 2 aromatic rings. The minimum atomic E-state index is -0.647. The summed E-state index contributed by atoms with van der Waals surface area (Å²) in [4.78, 5) is 0. The lowest BCUT2D eigenvalue weighted by atomic mass is 9.80. The highest BCUT2D eigenvalue weighted by molar-refractivity contribution is 6.22. The van der Waals surface area contributed by atoms with Crippen LogP contribution in [-0.4, -0.2) is 11.8 Å². The summed E-state index contributed by atoms with van der Waals surface area (Å²) in [6.45, 7) is 0. The Morgan fingerprint density at radius 1 is 1.06 bits per heavy atom. The lowest BCUT2D eigenvalue weighted by Gasteiger charge is -2.29. The van der Waals surface area contributed by atoms with Gasteiger partial charge in [0.25, 0.3) is 0 Å². The Bertz CT molecular complexity index is 492. The lowest BCUT2D eigenvalue weighted by Crippen LogP contribution is -2.34. The molecule has 0 aliphatic heterocycles. The quantitative estimate of drug-likeness (QED) is 0.744. The summed E-state index contributed by atoms with van der Waals surface area (Å²) in [5.74, 6) is 0.931. The third-order valence-corrected chi connectivity index (χ3v) is 4.07. The highest BCUT2D eigenvalue weighted by Crippen LogP contribution is 2.33. The molecule has 2 rings (SSSR count). The SMILES string of the molecule is Fc1ccccc1C(CCl)(CCl)Cc1ccco1. The molecule has 1 heterocycles. The zero-order valence-electron chi connectivity index (χ0n) is 9.70. The monoisotopic (exact) mass is 286 g/mol. The highest BCUT2D eigenvalue weighted by Gasteiger charge is 2.34. The van der Waals surface area contributed by atoms with Gasteiger partial charge in [-0.1, -0.05) is 18.2 Å². The fourth-order valence-corrected chi connectivity index (χ4v) is 2.77. The molecular weight excluding hydrogens is 274 g/mol. The zero-order chi connectivity index (χ0) is 13.0. The first-order valence-electron chi connectivity index (χ1n) is 5.61. The molecule has 0 radical (unpaired) electrons. The van der Waals surface area contributed by atoms with Crippen LogP contribution >= 0.6 is 23.2 Å². The Morgan fingerprint density at radius 3 is 2.33 bits per heavy atom. The van der Waals surface area contributed by atoms with E-state index in [1.165, 1.54) is 6.07 Å². The summed E-state index contributed by atoms with van der Waals surface area (Å²) in [7, 11) is 0. The van der Waals surface area contributed by atoms with Crippen LogP contribution in [-0.2, 0) is 11.8 Å². The summed E-state index contributed by atoms with van der Waals surface area (Å²) < 4.78 is 19.3. The van der Waals surface area contributed by atoms with E-state index in [-0.39, 0.29) is 17.6 Å². The number of hydrogen-bond donors (Lipinski definition) is 0. The predicted octanol–water partition coefficient (Wildman–Crippen LogP) is 4.38. The summed E-state index contributed by atoms with van der Waals surface area (Å²) >= 11 is 12.1. The maximum absolute atomic E-state index is 13.9. The molecule has 1 nitrogen and oxygen atoms in total. The van der Waals surface area contributed by atoms with Crippen molar-refractivity contribution in [2.24, 2.45) is 0 Å². The van der Waals surface area contributed by atoms with Crippen LogP contribution in [0.5, 0.6) is 0 Å². The van der Waals surface area contributed by atoms with Crippen molar-refractivity contribution in [3.05, 3.63) is 59.8 Å². The molecule has 4 heteroatoms. The van der Waals surface area contributed by atoms with Crippen LogP contribution in [0.2, 0.25) is 0 Å². The summed E-state index contributed by atoms with van der Waals surface area (Å²) in [6, 6.07) is 10.2. The van der Waals surface area contributed by atoms with E-state index in [0.29, 0.717) is 12.0 Å². The molecular formula is C14H13Cl2FO. The lowest BCUT2D eigenvalue weighted by molar-refractivity contribution is 0.424. The van der Waals surface area contributed by atoms with Crippen molar-refractivity contribution >= 4 is 23.2 Å². The van der Waals surface area contributed by atoms with Gasteiger partial charge in [0, 0.05) is 23.6 Å². The Hall–Kier alpha value is -0.990. The molecule has 0 spiro atoms. The molecule has 1 aromatic heterocycles. The molecule has 0 bridgehead atoms. The maximum atomic E-state index is 13.9. The number of alkyl halides is 2. The molecule has 1 aromatic carbocycles. The standard InChI is InChI=1S/C14H13Cl2FO/c15-9-14(10-16,8-11-4-3-7-18-11)12-5-1-2-6-13(12)17/h1-7H,8-10H2. The predicted molar refractivity (Wildman–Crippen MR) is 71.9 cm³/mol. The normalized spacial score (nSPS) is 11.7. The smallest absolute Gasteiger partial charge is 0.127 e. The Kier molecular flexibility index (Phi) is 4.31. The first kappa shape index (κ1) is 13.4. The fourth-order valence-electron chi connectivity index (χ4n) is 2.01. The zero-order valence-corrected chi connectivity index (χ0v) is 11.2. The van der Waals surface area contributed by atoms with Crippen molar-refractivity contribution < 1.29 is 8.81 Å². The van der Waals surface area contributed by atoms with Gasteiger partial charge in [-0.3, -0.25) is 0 Å². The van der Waals surface area contributed by atoms with E-state index in [1.54, 1.807) is 30.5 Å². The second-order valence-electron chi connectivity index (χ2n) is 4.28. The molecule has 0 aliphatic rings. The largest absolute Gasteiger partial charge is 0.469 e. The third kappa shape index (κ3) is 2.55. The molecule has 0 N–H and O–H groups in total. The number of hydrogen-bond acceptors (Lipinski definition) is 1. The van der Waals surface area contributed by atoms with Crippen molar-refractivity contribution in [3.8, 4) is 0 Å². The van der Waals surface area contributed by atoms with Crippen molar-refractivity contribution in [3.63, 3.8) is 0 Å². The van der Waals surface area contributed by atoms with Crippen molar-refractivity contribution in [2.75, 3.05) is 11.8 Å². The first-order chi connectivity index (χ1) is 8.72. The van der Waals surface area contributed by atoms with E-state index >= 15 is 0 Å². The molecule has 0 amide bonds. The van der Waals surface area contributed by atoms with E-state index in [9.17, 15) is 4.39 Å². The molecule has 0 saturated heterocycles. The van der Waals surface area contributed by atoms with Crippen LogP contribution in [0.3, 0.4) is 0 Å². The summed E-state index contributed by atoms with van der Waals surface area (Å²) in [6.07, 6.45) is 2.07. The van der Waals surface area contributed by atoms with Crippen LogP contribution in [0.15, 0.2) is 47.1 Å². The molecule has 0 aliphatic carbocycles. The van der Waals surface area contributed by atoms with Gasteiger partial charge >= 0.3 is 0 Å². The number of benzene rings is 1. The van der Waals surface area contributed by atoms with Crippen LogP contribution in [0.4, 0.5) is 4.39 Å². The van der Waals surface area contributed by atoms with Gasteiger partial charge in [-0.2, -0.15) is 0 Å². The van der Waals surface area contributed by atoms with E-state index < -0.39 is 5.41 Å². The van der Waals surface area contributed by atoms with Gasteiger partial charge < -0.3 is 4.42 Å². The third-order valence-electron chi connectivity index (χ3n) is 3.05. The maximum Gasteiger partial charge on any atom is 0.127 e. The summed E-state index contributed by atoms with van der Waals surface area (Å²) in [5, 5.41) is 0. The second kappa shape index (κ2) is 5.77. The van der Waals surface area contributed by atoms with Gasteiger partial charge in [0.15, 0.2) is 0 Å². The topological polar surface area (TPSA) is 13.1 Å². The van der Waals surface area contributed by atoms with E-state index in [0.717, 1.165) is 5.76 Å². The Balaban J connectivity index is 2.40. The average molecular weight is 287 g/mol. The average Bonchev–Trinajstić information content (AvgIpc) is 2.90. The number of furan rings is 1. The van der Waals surface area contributed by atoms with Gasteiger partial charge in [0.2, 0.25) is 0 Å². The molecule has 0 atom stereocenters. The van der Waals surface area contributed by atoms with Gasteiger partial charge in [-0.05, 0) is 23.8 Å². The van der Waals surface area contributed by atoms with E-state index in [4.69, 9.17) is 27.6 Å². The van der Waals surface area contributed by atoms with Gasteiger partial charge in [-0.15, -0.1) is 23.2 Å². The van der Waals surface area contributed by atoms with Crippen molar-refractivity contribution in [2.45, 2.75) is 11.8 Å². The molecule has 96 valence electrons. The molecule has 18 heavy (non-hydrogen) atoms. The summed E-state index contributed by atoms with van der Waals surface area (Å²) in [5.41, 5.74) is -0.113. The van der Waals surface area contributed by atoms with E-state index in [2.05, 4.69) is 0 Å². The van der Waals surface area contributed by atoms with Crippen molar-refractivity contribution in [1.29, 1.82) is 0 Å². The Labute approximate surface area is 116 Å².